The van der Waals surface area contributed by atoms with Crippen molar-refractivity contribution in [3.8, 4) is 0 Å². The summed E-state index contributed by atoms with van der Waals surface area (Å²) in [7, 11) is 0. The maximum Gasteiger partial charge on any atom is 0.150 e. The van der Waals surface area contributed by atoms with Gasteiger partial charge in [0.1, 0.15) is 5.78 Å². The number of hydrogen-bond acceptors (Lipinski definition) is 2. The molecule has 0 aromatic rings. The molecule has 0 aromatic carbocycles. The Morgan fingerprint density at radius 3 is 2.67 bits per heavy atom. The fourth-order valence-electron chi connectivity index (χ4n) is 1.88. The second kappa shape index (κ2) is 3.56. The fourth-order valence-corrected chi connectivity index (χ4v) is 1.88. The summed E-state index contributed by atoms with van der Waals surface area (Å²) >= 11 is 0. The van der Waals surface area contributed by atoms with Crippen molar-refractivity contribution in [2.24, 2.45) is 5.92 Å². The van der Waals surface area contributed by atoms with E-state index in [2.05, 4.69) is 5.32 Å². The van der Waals surface area contributed by atoms with Gasteiger partial charge in [0.2, 0.25) is 0 Å². The van der Waals surface area contributed by atoms with Crippen LogP contribution in [0.2, 0.25) is 0 Å². The number of carbonyl (C=O) groups excluding carboxylic acids is 1. The van der Waals surface area contributed by atoms with Crippen molar-refractivity contribution in [2.75, 3.05) is 6.54 Å². The summed E-state index contributed by atoms with van der Waals surface area (Å²) in [4.78, 5) is 11.6. The number of rotatable bonds is 3. The van der Waals surface area contributed by atoms with E-state index in [0.29, 0.717) is 5.78 Å². The lowest BCUT2D eigenvalue weighted by Crippen LogP contribution is -2.40. The molecule has 1 aliphatic heterocycles. The third-order valence-electron chi connectivity index (χ3n) is 2.89. The lowest BCUT2D eigenvalue weighted by molar-refractivity contribution is -0.121. The number of ketones is 1. The third kappa shape index (κ3) is 2.07. The molecule has 0 aromatic heterocycles. The topological polar surface area (TPSA) is 29.1 Å². The molecule has 68 valence electrons. The normalized spacial score (nSPS) is 30.2. The Bertz CT molecular complexity index is 169. The van der Waals surface area contributed by atoms with Gasteiger partial charge in [-0.25, -0.2) is 0 Å². The maximum atomic E-state index is 11.6. The first-order valence-corrected chi connectivity index (χ1v) is 5.12. The van der Waals surface area contributed by atoms with Gasteiger partial charge in [0.05, 0.1) is 6.04 Å². The van der Waals surface area contributed by atoms with Crippen LogP contribution < -0.4 is 5.32 Å². The highest BCUT2D eigenvalue weighted by atomic mass is 16.1. The molecule has 1 aliphatic carbocycles. The number of piperidine rings is 1. The van der Waals surface area contributed by atoms with Crippen molar-refractivity contribution in [1.29, 1.82) is 0 Å². The van der Waals surface area contributed by atoms with Gasteiger partial charge in [-0.3, -0.25) is 4.79 Å². The SMILES string of the molecule is O=C(CC1CC1)[C@@H]1CCCCN1. The number of carbonyl (C=O) groups is 1. The molecule has 2 heteroatoms. The molecular weight excluding hydrogens is 150 g/mol. The molecule has 2 aliphatic rings. The minimum absolute atomic E-state index is 0.208. The largest absolute Gasteiger partial charge is 0.307 e. The van der Waals surface area contributed by atoms with E-state index in [9.17, 15) is 4.79 Å². The fraction of sp³-hybridized carbons (Fsp3) is 0.900. The van der Waals surface area contributed by atoms with Crippen molar-refractivity contribution in [2.45, 2.75) is 44.6 Å². The Kier molecular flexibility index (Phi) is 2.45. The van der Waals surface area contributed by atoms with Crippen LogP contribution in [0.3, 0.4) is 0 Å². The summed E-state index contributed by atoms with van der Waals surface area (Å²) in [6.45, 7) is 1.04. The Morgan fingerprint density at radius 1 is 1.25 bits per heavy atom. The van der Waals surface area contributed by atoms with Gasteiger partial charge in [0.25, 0.3) is 0 Å². The van der Waals surface area contributed by atoms with Crippen LogP contribution >= 0.6 is 0 Å². The van der Waals surface area contributed by atoms with Crippen LogP contribution in [0, 0.1) is 5.92 Å². The van der Waals surface area contributed by atoms with Crippen LogP contribution in [0.1, 0.15) is 38.5 Å². The van der Waals surface area contributed by atoms with E-state index in [-0.39, 0.29) is 6.04 Å². The molecule has 2 rings (SSSR count). The van der Waals surface area contributed by atoms with Crippen molar-refractivity contribution in [3.05, 3.63) is 0 Å². The van der Waals surface area contributed by atoms with Crippen LogP contribution in [-0.4, -0.2) is 18.4 Å². The van der Waals surface area contributed by atoms with E-state index >= 15 is 0 Å². The van der Waals surface area contributed by atoms with E-state index in [1.54, 1.807) is 0 Å². The number of Topliss-reactive ketones (excluding diaryl/α,β-unsaturated/α-hetero) is 1. The lowest BCUT2D eigenvalue weighted by Gasteiger charge is -2.21. The highest BCUT2D eigenvalue weighted by molar-refractivity contribution is 5.84. The zero-order valence-electron chi connectivity index (χ0n) is 7.51. The summed E-state index contributed by atoms with van der Waals surface area (Å²) in [5, 5.41) is 3.30. The van der Waals surface area contributed by atoms with E-state index < -0.39 is 0 Å². The first kappa shape index (κ1) is 8.24. The maximum absolute atomic E-state index is 11.6. The Morgan fingerprint density at radius 2 is 2.08 bits per heavy atom. The molecule has 2 fully saturated rings. The van der Waals surface area contributed by atoms with Gasteiger partial charge in [0, 0.05) is 6.42 Å². The average molecular weight is 167 g/mol. The highest BCUT2D eigenvalue weighted by Gasteiger charge is 2.28. The predicted molar refractivity (Wildman–Crippen MR) is 48.0 cm³/mol. The molecule has 1 heterocycles. The van der Waals surface area contributed by atoms with Gasteiger partial charge in [-0.1, -0.05) is 6.42 Å². The summed E-state index contributed by atoms with van der Waals surface area (Å²) < 4.78 is 0. The average Bonchev–Trinajstić information content (AvgIpc) is 2.90. The smallest absolute Gasteiger partial charge is 0.150 e. The minimum atomic E-state index is 0.208. The van der Waals surface area contributed by atoms with Crippen molar-refractivity contribution in [1.82, 2.24) is 5.32 Å². The van der Waals surface area contributed by atoms with Crippen LogP contribution in [0.25, 0.3) is 0 Å². The van der Waals surface area contributed by atoms with Crippen molar-refractivity contribution < 1.29 is 4.79 Å². The second-order valence-corrected chi connectivity index (χ2v) is 4.12. The summed E-state index contributed by atoms with van der Waals surface area (Å²) in [5.41, 5.74) is 0. The molecule has 1 saturated carbocycles. The van der Waals surface area contributed by atoms with Gasteiger partial charge in [-0.2, -0.15) is 0 Å². The van der Waals surface area contributed by atoms with Gasteiger partial charge in [0.15, 0.2) is 0 Å². The monoisotopic (exact) mass is 167 g/mol. The molecule has 0 radical (unpaired) electrons. The zero-order valence-corrected chi connectivity index (χ0v) is 7.51. The number of nitrogens with one attached hydrogen (secondary N) is 1. The van der Waals surface area contributed by atoms with Gasteiger partial charge < -0.3 is 5.32 Å². The van der Waals surface area contributed by atoms with E-state index in [4.69, 9.17) is 0 Å². The molecule has 12 heavy (non-hydrogen) atoms. The molecule has 1 N–H and O–H groups in total. The third-order valence-corrected chi connectivity index (χ3v) is 2.89. The van der Waals surface area contributed by atoms with Crippen molar-refractivity contribution in [3.63, 3.8) is 0 Å². The Hall–Kier alpha value is -0.370. The summed E-state index contributed by atoms with van der Waals surface area (Å²) in [6, 6.07) is 0.208. The summed E-state index contributed by atoms with van der Waals surface area (Å²) in [5.74, 6) is 1.22. The van der Waals surface area contributed by atoms with Gasteiger partial charge in [-0.05, 0) is 38.1 Å². The van der Waals surface area contributed by atoms with Crippen LogP contribution in [0.5, 0.6) is 0 Å². The Labute approximate surface area is 73.7 Å². The van der Waals surface area contributed by atoms with E-state index in [1.165, 1.54) is 25.7 Å². The van der Waals surface area contributed by atoms with Crippen LogP contribution in [0.15, 0.2) is 0 Å². The van der Waals surface area contributed by atoms with E-state index in [1.807, 2.05) is 0 Å². The lowest BCUT2D eigenvalue weighted by atomic mass is 9.98. The molecule has 1 saturated heterocycles. The van der Waals surface area contributed by atoms with Crippen molar-refractivity contribution >= 4 is 5.78 Å². The number of hydrogen-bond donors (Lipinski definition) is 1. The standard InChI is InChI=1S/C10H17NO/c12-10(7-8-4-5-8)9-3-1-2-6-11-9/h8-9,11H,1-7H2/t9-/m0/s1. The molecule has 2 nitrogen and oxygen atoms in total. The van der Waals surface area contributed by atoms with Crippen LogP contribution in [-0.2, 0) is 4.79 Å². The summed E-state index contributed by atoms with van der Waals surface area (Å²) in [6.07, 6.45) is 6.97. The van der Waals surface area contributed by atoms with E-state index in [0.717, 1.165) is 25.3 Å². The quantitative estimate of drug-likeness (QED) is 0.690. The first-order chi connectivity index (χ1) is 5.86. The highest BCUT2D eigenvalue weighted by Crippen LogP contribution is 2.33. The van der Waals surface area contributed by atoms with Crippen LogP contribution in [0.4, 0.5) is 0 Å². The van der Waals surface area contributed by atoms with Gasteiger partial charge in [-0.15, -0.1) is 0 Å². The Balaban J connectivity index is 1.76. The minimum Gasteiger partial charge on any atom is -0.307 e. The molecule has 0 bridgehead atoms. The predicted octanol–water partition coefficient (Wildman–Crippen LogP) is 1.50. The molecule has 0 amide bonds. The second-order valence-electron chi connectivity index (χ2n) is 4.12. The molecule has 0 unspecified atom stereocenters. The zero-order chi connectivity index (χ0) is 8.39. The molecule has 1 atom stereocenters. The van der Waals surface area contributed by atoms with Gasteiger partial charge >= 0.3 is 0 Å². The molecule has 0 spiro atoms. The molecular formula is C10H17NO. The first-order valence-electron chi connectivity index (χ1n) is 5.12.